The first kappa shape index (κ1) is 90.6. The zero-order chi connectivity index (χ0) is 83.8. The van der Waals surface area contributed by atoms with E-state index in [9.17, 15) is 70.2 Å². The van der Waals surface area contributed by atoms with Crippen molar-refractivity contribution in [2.24, 2.45) is 23.7 Å². The Labute approximate surface area is 659 Å². The van der Waals surface area contributed by atoms with Gasteiger partial charge in [-0.1, -0.05) is 120 Å². The van der Waals surface area contributed by atoms with Crippen LogP contribution in [-0.2, 0) is 87.9 Å². The van der Waals surface area contributed by atoms with Crippen LogP contribution < -0.4 is 10.6 Å². The minimum absolute atomic E-state index is 0.0251. The Morgan fingerprint density at radius 2 is 1.26 bits per heavy atom. The van der Waals surface area contributed by atoms with E-state index in [-0.39, 0.29) is 89.1 Å². The summed E-state index contributed by atoms with van der Waals surface area (Å²) in [5.41, 5.74) is -1.71. The van der Waals surface area contributed by atoms with Gasteiger partial charge in [-0.25, -0.2) is 13.6 Å². The van der Waals surface area contributed by atoms with Gasteiger partial charge in [0.25, 0.3) is 0 Å². The summed E-state index contributed by atoms with van der Waals surface area (Å²) >= 11 is 0. The van der Waals surface area contributed by atoms with Crippen molar-refractivity contribution in [3.63, 3.8) is 0 Å². The van der Waals surface area contributed by atoms with Crippen molar-refractivity contribution < 1.29 is 94.1 Å². The van der Waals surface area contributed by atoms with Crippen LogP contribution in [-0.4, -0.2) is 256 Å². The summed E-state index contributed by atoms with van der Waals surface area (Å²) in [5, 5.41) is 15.0. The Balaban J connectivity index is 1.06. The molecule has 0 aromatic heterocycles. The first-order valence-electron chi connectivity index (χ1n) is 39.3. The molecule has 26 nitrogen and oxygen atoms in total. The van der Waals surface area contributed by atoms with Crippen molar-refractivity contribution in [3.8, 4) is 0 Å². The molecule has 11 amide bonds. The zero-order valence-electron chi connectivity index (χ0n) is 67.6. The summed E-state index contributed by atoms with van der Waals surface area (Å²) in [6.07, 6.45) is -3.50. The summed E-state index contributed by atoms with van der Waals surface area (Å²) in [4.78, 5) is 200. The third kappa shape index (κ3) is 22.5. The number of nitrogens with zero attached hydrogens (tertiary/aromatic N) is 9. The monoisotopic (exact) mass is 1590 g/mol. The van der Waals surface area contributed by atoms with Gasteiger partial charge in [0, 0.05) is 87.7 Å². The fourth-order valence-electron chi connectivity index (χ4n) is 16.1. The van der Waals surface area contributed by atoms with Crippen LogP contribution in [0, 0.1) is 42.2 Å². The minimum Gasteiger partial charge on any atom is -0.480 e. The number of carboxylic acid groups (broad SMARTS) is 1. The lowest BCUT2D eigenvalue weighted by molar-refractivity contribution is -0.161. The maximum atomic E-state index is 15.6. The number of carbonyl (C=O) groups excluding carboxylic acids is 12. The molecule has 622 valence electrons. The smallest absolute Gasteiger partial charge is 0.422 e. The van der Waals surface area contributed by atoms with Crippen LogP contribution in [0.4, 0.5) is 26.7 Å². The summed E-state index contributed by atoms with van der Waals surface area (Å²) in [7, 11) is 9.92. The van der Waals surface area contributed by atoms with Crippen LogP contribution in [0.25, 0.3) is 0 Å². The average Bonchev–Trinajstić information content (AvgIpc) is 1.71. The van der Waals surface area contributed by atoms with Gasteiger partial charge in [0.1, 0.15) is 78.2 Å². The lowest BCUT2D eigenvalue weighted by Gasteiger charge is -2.45. The SMILES string of the molecule is CC[C@H](C)[C@H](CC(=O)[C@H](CC(C)C)N(C)C(=O)C[C@@H](C(=O)N(C)C)N(C)C(=O)[C@H](C1CCCC1)N(C)C(=O)C1(NC(=O)[C@@H]2CCCN2C(=O)[C@H](CCc2cc(F)c(C(F)(F)F)c(F)c2)NC(=O)OCc2ccccc2)CCCC1)C(=O)N(C)[C@@H](C)C(=O)N1CC[C@H]1C(=O)N(CC)[C@@H](Cc1ccc(C)cc1)C(=O)N(C)CC(=O)O. The van der Waals surface area contributed by atoms with Crippen molar-refractivity contribution in [1.82, 2.24) is 54.7 Å². The lowest BCUT2D eigenvalue weighted by atomic mass is 9.83. The van der Waals surface area contributed by atoms with E-state index >= 15 is 19.2 Å². The van der Waals surface area contributed by atoms with E-state index in [4.69, 9.17) is 4.74 Å². The number of rotatable bonds is 36. The molecule has 0 radical (unpaired) electrons. The Hall–Kier alpha value is -9.58. The highest BCUT2D eigenvalue weighted by Gasteiger charge is 2.52. The number of ether oxygens (including phenoxy) is 1. The van der Waals surface area contributed by atoms with Crippen LogP contribution in [0.2, 0.25) is 0 Å². The first-order chi connectivity index (χ1) is 53.2. The van der Waals surface area contributed by atoms with Gasteiger partial charge in [0.15, 0.2) is 5.78 Å². The molecule has 2 aliphatic carbocycles. The second kappa shape index (κ2) is 39.9. The standard InChI is InChI=1S/C82H114F5N11O15/c1-15-51(6)57(73(105)92(11)52(7)72(104)98-40-36-62(98)77(109)96(16-2)65(76(108)91(10)47-68(101)102)44-53-32-30-50(5)31-33-53)45-66(99)63(41-49(3)4)93(12)67(100)46-64(75(107)90(8)9)94(13)78(110)70(56-27-20-21-28-56)95(14)79(111)81(37-22-23-38-81)89-71(103)61-29-24-39-97(61)74(106)60(88-80(112)113-48-54-25-18-17-19-26-54)35-34-55-42-58(83)69(59(84)43-55)82(85,86)87/h17-19,25-26,30-33,42-43,49,51-52,56-57,60-65,70H,15-16,20-24,27-29,34-41,44-48H2,1-14H3,(H,88,112)(H,89,103)(H,101,102)/t51-,52-,57-,60-,61-,62-,63-,64-,65-,70-/m0/s1. The van der Waals surface area contributed by atoms with Crippen LogP contribution in [0.3, 0.4) is 0 Å². The number of hydrogen-bond acceptors (Lipinski definition) is 14. The number of alkyl carbamates (subject to hydrolysis) is 1. The second-order valence-electron chi connectivity index (χ2n) is 31.7. The van der Waals surface area contributed by atoms with Crippen molar-refractivity contribution in [2.45, 2.75) is 231 Å². The number of hydrogen-bond donors (Lipinski definition) is 3. The molecule has 4 aliphatic rings. The van der Waals surface area contributed by atoms with Crippen LogP contribution in [0.1, 0.15) is 172 Å². The summed E-state index contributed by atoms with van der Waals surface area (Å²) < 4.78 is 75.7. The topological polar surface area (TPSA) is 305 Å². The molecule has 31 heteroatoms. The third-order valence-corrected chi connectivity index (χ3v) is 23.2. The molecule has 7 rings (SSSR count). The number of aryl methyl sites for hydroxylation is 2. The largest absolute Gasteiger partial charge is 0.480 e. The number of ketones is 1. The van der Waals surface area contributed by atoms with Gasteiger partial charge in [0.2, 0.25) is 59.1 Å². The molecule has 3 N–H and O–H groups in total. The van der Waals surface area contributed by atoms with Crippen molar-refractivity contribution in [3.05, 3.63) is 106 Å². The van der Waals surface area contributed by atoms with Gasteiger partial charge in [-0.3, -0.25) is 57.5 Å². The van der Waals surface area contributed by atoms with Gasteiger partial charge in [0.05, 0.1) is 12.5 Å². The van der Waals surface area contributed by atoms with E-state index in [1.54, 1.807) is 44.2 Å². The number of likely N-dealkylation sites (N-methyl/N-ethyl adjacent to an activating group) is 7. The van der Waals surface area contributed by atoms with Crippen LogP contribution in [0.15, 0.2) is 66.7 Å². The fourth-order valence-corrected chi connectivity index (χ4v) is 16.1. The summed E-state index contributed by atoms with van der Waals surface area (Å²) in [6.45, 7) is 11.8. The van der Waals surface area contributed by atoms with Crippen LogP contribution >= 0.6 is 0 Å². The Kier molecular flexibility index (Phi) is 32.0. The van der Waals surface area contributed by atoms with Gasteiger partial charge < -0.3 is 64.6 Å². The Bertz CT molecular complexity index is 3890. The van der Waals surface area contributed by atoms with E-state index < -0.39 is 198 Å². The molecule has 0 unspecified atom stereocenters. The van der Waals surface area contributed by atoms with Crippen molar-refractivity contribution in [1.29, 1.82) is 0 Å². The van der Waals surface area contributed by atoms with Gasteiger partial charge in [-0.2, -0.15) is 13.2 Å². The number of Topliss-reactive ketones (excluding diaryl/α,β-unsaturated/α-hetero) is 1. The van der Waals surface area contributed by atoms with E-state index in [2.05, 4.69) is 10.6 Å². The van der Waals surface area contributed by atoms with E-state index in [0.29, 0.717) is 62.6 Å². The summed E-state index contributed by atoms with van der Waals surface area (Å²) in [5.74, 6) is -14.1. The zero-order valence-corrected chi connectivity index (χ0v) is 67.6. The predicted molar refractivity (Wildman–Crippen MR) is 408 cm³/mol. The molecule has 3 aromatic carbocycles. The minimum atomic E-state index is -5.35. The summed E-state index contributed by atoms with van der Waals surface area (Å²) in [6, 6.07) is 6.89. The van der Waals surface area contributed by atoms with Gasteiger partial charge >= 0.3 is 18.2 Å². The van der Waals surface area contributed by atoms with Gasteiger partial charge in [-0.05, 0) is 132 Å². The first-order valence-corrected chi connectivity index (χ1v) is 39.3. The third-order valence-electron chi connectivity index (χ3n) is 23.2. The number of nitrogens with one attached hydrogen (secondary N) is 2. The molecule has 0 spiro atoms. The van der Waals surface area contributed by atoms with E-state index in [1.807, 2.05) is 52.0 Å². The molecular weight excluding hydrogens is 1470 g/mol. The molecular formula is C82H114F5N11O15. The predicted octanol–water partition coefficient (Wildman–Crippen LogP) is 8.21. The van der Waals surface area contributed by atoms with E-state index in [1.165, 1.54) is 90.6 Å². The van der Waals surface area contributed by atoms with Gasteiger partial charge in [-0.15, -0.1) is 0 Å². The molecule has 0 bridgehead atoms. The highest BCUT2D eigenvalue weighted by molar-refractivity contribution is 6.01. The lowest BCUT2D eigenvalue weighted by Crippen LogP contribution is -2.65. The molecule has 113 heavy (non-hydrogen) atoms. The molecule has 2 saturated carbocycles. The Morgan fingerprint density at radius 1 is 0.646 bits per heavy atom. The molecule has 2 heterocycles. The molecule has 2 saturated heterocycles. The average molecular weight is 1590 g/mol. The molecule has 10 atom stereocenters. The maximum Gasteiger partial charge on any atom is 0.422 e. The van der Waals surface area contributed by atoms with Crippen molar-refractivity contribution in [2.75, 3.05) is 75.5 Å². The number of halogens is 5. The highest BCUT2D eigenvalue weighted by Crippen LogP contribution is 2.39. The number of carbonyl (C=O) groups is 13. The van der Waals surface area contributed by atoms with Crippen LogP contribution in [0.5, 0.6) is 0 Å². The second-order valence-corrected chi connectivity index (χ2v) is 31.7. The quantitative estimate of drug-likeness (QED) is 0.0462. The molecule has 4 fully saturated rings. The number of amides is 11. The normalized spacial score (nSPS) is 18.2. The number of aliphatic carboxylic acids is 1. The fraction of sp³-hybridized carbons (Fsp3) is 0.622. The number of benzene rings is 3. The molecule has 2 aliphatic heterocycles. The molecule has 3 aromatic rings. The highest BCUT2D eigenvalue weighted by atomic mass is 19.4. The van der Waals surface area contributed by atoms with E-state index in [0.717, 1.165) is 20.9 Å². The Morgan fingerprint density at radius 3 is 1.81 bits per heavy atom. The maximum absolute atomic E-state index is 15.6. The number of carboxylic acids is 1. The van der Waals surface area contributed by atoms with Crippen molar-refractivity contribution >= 4 is 76.9 Å². The number of alkyl halides is 3. The number of likely N-dealkylation sites (tertiary alicyclic amines) is 2.